The van der Waals surface area contributed by atoms with E-state index in [1.807, 2.05) is 36.4 Å². The Morgan fingerprint density at radius 1 is 1.36 bits per heavy atom. The molecular weight excluding hydrogens is 316 g/mol. The number of nitrogens with one attached hydrogen (secondary N) is 1. The SMILES string of the molecule is Nc1cc(CCCNC(=O)CCC2CCCO2)nn1-c1ccccc1. The molecule has 0 aliphatic carbocycles. The summed E-state index contributed by atoms with van der Waals surface area (Å²) in [5.41, 5.74) is 7.94. The number of nitrogen functional groups attached to an aromatic ring is 1. The number of aryl methyl sites for hydroxylation is 1. The molecule has 1 fully saturated rings. The van der Waals surface area contributed by atoms with Gasteiger partial charge in [-0.25, -0.2) is 4.68 Å². The number of carbonyl (C=O) groups is 1. The van der Waals surface area contributed by atoms with E-state index in [2.05, 4.69) is 10.4 Å². The minimum atomic E-state index is 0.102. The van der Waals surface area contributed by atoms with Crippen LogP contribution < -0.4 is 11.1 Å². The van der Waals surface area contributed by atoms with E-state index >= 15 is 0 Å². The smallest absolute Gasteiger partial charge is 0.220 e. The summed E-state index contributed by atoms with van der Waals surface area (Å²) < 4.78 is 7.28. The fourth-order valence-electron chi connectivity index (χ4n) is 3.09. The highest BCUT2D eigenvalue weighted by molar-refractivity contribution is 5.75. The second kappa shape index (κ2) is 8.67. The molecule has 0 bridgehead atoms. The molecule has 0 spiro atoms. The molecule has 134 valence electrons. The van der Waals surface area contributed by atoms with E-state index in [0.717, 1.165) is 50.1 Å². The second-order valence-electron chi connectivity index (χ2n) is 6.44. The van der Waals surface area contributed by atoms with Crippen molar-refractivity contribution in [3.8, 4) is 5.69 Å². The molecule has 6 heteroatoms. The van der Waals surface area contributed by atoms with Gasteiger partial charge in [-0.05, 0) is 44.2 Å². The Morgan fingerprint density at radius 2 is 2.20 bits per heavy atom. The number of nitrogens with two attached hydrogens (primary N) is 1. The van der Waals surface area contributed by atoms with Gasteiger partial charge in [0.05, 0.1) is 17.5 Å². The summed E-state index contributed by atoms with van der Waals surface area (Å²) in [5, 5.41) is 7.52. The molecule has 1 amide bonds. The van der Waals surface area contributed by atoms with Gasteiger partial charge in [-0.1, -0.05) is 18.2 Å². The lowest BCUT2D eigenvalue weighted by molar-refractivity contribution is -0.121. The van der Waals surface area contributed by atoms with Crippen molar-refractivity contribution in [2.24, 2.45) is 0 Å². The summed E-state index contributed by atoms with van der Waals surface area (Å²) in [6, 6.07) is 11.7. The number of ether oxygens (including phenoxy) is 1. The van der Waals surface area contributed by atoms with Gasteiger partial charge < -0.3 is 15.8 Å². The third-order valence-electron chi connectivity index (χ3n) is 4.44. The summed E-state index contributed by atoms with van der Waals surface area (Å²) >= 11 is 0. The summed E-state index contributed by atoms with van der Waals surface area (Å²) in [7, 11) is 0. The number of aromatic nitrogens is 2. The molecule has 1 atom stereocenters. The predicted octanol–water partition coefficient (Wildman–Crippen LogP) is 2.46. The van der Waals surface area contributed by atoms with E-state index in [9.17, 15) is 4.79 Å². The summed E-state index contributed by atoms with van der Waals surface area (Å²) in [6.07, 6.45) is 5.47. The number of carbonyl (C=O) groups excluding carboxylic acids is 1. The number of anilines is 1. The molecule has 2 heterocycles. The van der Waals surface area contributed by atoms with Crippen LogP contribution in [0.5, 0.6) is 0 Å². The van der Waals surface area contributed by atoms with Crippen LogP contribution in [0.25, 0.3) is 5.69 Å². The van der Waals surface area contributed by atoms with Gasteiger partial charge in [0.1, 0.15) is 5.82 Å². The average Bonchev–Trinajstić information content (AvgIpc) is 3.27. The summed E-state index contributed by atoms with van der Waals surface area (Å²) in [6.45, 7) is 1.49. The lowest BCUT2D eigenvalue weighted by atomic mass is 10.1. The zero-order chi connectivity index (χ0) is 17.5. The quantitative estimate of drug-likeness (QED) is 0.722. The minimum Gasteiger partial charge on any atom is -0.384 e. The van der Waals surface area contributed by atoms with Gasteiger partial charge in [-0.3, -0.25) is 4.79 Å². The van der Waals surface area contributed by atoms with E-state index < -0.39 is 0 Å². The molecule has 6 nitrogen and oxygen atoms in total. The summed E-state index contributed by atoms with van der Waals surface area (Å²) in [4.78, 5) is 11.8. The topological polar surface area (TPSA) is 82.2 Å². The molecule has 3 N–H and O–H groups in total. The minimum absolute atomic E-state index is 0.102. The zero-order valence-corrected chi connectivity index (χ0v) is 14.5. The van der Waals surface area contributed by atoms with Crippen molar-refractivity contribution in [3.63, 3.8) is 0 Å². The van der Waals surface area contributed by atoms with Gasteiger partial charge in [-0.15, -0.1) is 0 Å². The number of para-hydroxylation sites is 1. The highest BCUT2D eigenvalue weighted by atomic mass is 16.5. The van der Waals surface area contributed by atoms with Gasteiger partial charge in [0.25, 0.3) is 0 Å². The van der Waals surface area contributed by atoms with Crippen molar-refractivity contribution in [1.82, 2.24) is 15.1 Å². The molecule has 25 heavy (non-hydrogen) atoms. The Kier molecular flexibility index (Phi) is 6.06. The molecule has 3 rings (SSSR count). The predicted molar refractivity (Wildman–Crippen MR) is 97.5 cm³/mol. The normalized spacial score (nSPS) is 16.9. The molecule has 1 aromatic heterocycles. The Labute approximate surface area is 148 Å². The molecule has 2 aromatic rings. The first kappa shape index (κ1) is 17.5. The van der Waals surface area contributed by atoms with E-state index in [-0.39, 0.29) is 12.0 Å². The highest BCUT2D eigenvalue weighted by Crippen LogP contribution is 2.17. The van der Waals surface area contributed by atoms with Crippen LogP contribution in [0.2, 0.25) is 0 Å². The maximum atomic E-state index is 11.8. The number of benzene rings is 1. The molecule has 0 radical (unpaired) electrons. The fraction of sp³-hybridized carbons (Fsp3) is 0.474. The standard InChI is InChI=1S/C19H26N4O2/c20-18-14-15(22-23(18)16-7-2-1-3-8-16)6-4-12-21-19(24)11-10-17-9-5-13-25-17/h1-3,7-8,14,17H,4-6,9-13,20H2,(H,21,24). The van der Waals surface area contributed by atoms with Crippen LogP contribution in [0.15, 0.2) is 36.4 Å². The van der Waals surface area contributed by atoms with Gasteiger partial charge in [-0.2, -0.15) is 5.10 Å². The first-order chi connectivity index (χ1) is 12.2. The Hall–Kier alpha value is -2.34. The van der Waals surface area contributed by atoms with Crippen molar-refractivity contribution in [1.29, 1.82) is 0 Å². The van der Waals surface area contributed by atoms with Crippen LogP contribution in [0.3, 0.4) is 0 Å². The van der Waals surface area contributed by atoms with E-state index in [0.29, 0.717) is 18.8 Å². The number of nitrogens with zero attached hydrogens (tertiary/aromatic N) is 2. The van der Waals surface area contributed by atoms with Gasteiger partial charge in [0.2, 0.25) is 5.91 Å². The largest absolute Gasteiger partial charge is 0.384 e. The number of rotatable bonds is 8. The van der Waals surface area contributed by atoms with Gasteiger partial charge in [0.15, 0.2) is 0 Å². The fourth-order valence-corrected chi connectivity index (χ4v) is 3.09. The maximum Gasteiger partial charge on any atom is 0.220 e. The first-order valence-electron chi connectivity index (χ1n) is 9.00. The van der Waals surface area contributed by atoms with Crippen molar-refractivity contribution < 1.29 is 9.53 Å². The van der Waals surface area contributed by atoms with Crippen molar-refractivity contribution in [3.05, 3.63) is 42.1 Å². The van der Waals surface area contributed by atoms with Crippen LogP contribution in [0.4, 0.5) is 5.82 Å². The molecule has 1 aliphatic rings. The Balaban J connectivity index is 1.38. The molecule has 0 saturated carbocycles. The number of hydrogen-bond donors (Lipinski definition) is 2. The molecular formula is C19H26N4O2. The van der Waals surface area contributed by atoms with E-state index in [1.54, 1.807) is 4.68 Å². The first-order valence-corrected chi connectivity index (χ1v) is 9.00. The Morgan fingerprint density at radius 3 is 2.96 bits per heavy atom. The average molecular weight is 342 g/mol. The summed E-state index contributed by atoms with van der Waals surface area (Å²) in [5.74, 6) is 0.728. The number of hydrogen-bond acceptors (Lipinski definition) is 4. The number of amides is 1. The van der Waals surface area contributed by atoms with Crippen molar-refractivity contribution in [2.75, 3.05) is 18.9 Å². The maximum absolute atomic E-state index is 11.8. The zero-order valence-electron chi connectivity index (χ0n) is 14.5. The molecule has 1 saturated heterocycles. The van der Waals surface area contributed by atoms with E-state index in [1.165, 1.54) is 0 Å². The lowest BCUT2D eigenvalue weighted by Gasteiger charge is -2.09. The van der Waals surface area contributed by atoms with Gasteiger partial charge >= 0.3 is 0 Å². The Bertz CT molecular complexity index is 678. The highest BCUT2D eigenvalue weighted by Gasteiger charge is 2.16. The molecule has 1 aromatic carbocycles. The van der Waals surface area contributed by atoms with Crippen LogP contribution in [-0.4, -0.2) is 34.9 Å². The van der Waals surface area contributed by atoms with Crippen LogP contribution >= 0.6 is 0 Å². The van der Waals surface area contributed by atoms with Crippen LogP contribution in [-0.2, 0) is 16.0 Å². The third kappa shape index (κ3) is 5.06. The monoisotopic (exact) mass is 342 g/mol. The van der Waals surface area contributed by atoms with Crippen molar-refractivity contribution >= 4 is 11.7 Å². The van der Waals surface area contributed by atoms with Crippen LogP contribution in [0.1, 0.15) is 37.8 Å². The molecule has 1 aliphatic heterocycles. The second-order valence-corrected chi connectivity index (χ2v) is 6.44. The van der Waals surface area contributed by atoms with E-state index in [4.69, 9.17) is 10.5 Å². The van der Waals surface area contributed by atoms with Crippen LogP contribution in [0, 0.1) is 0 Å². The van der Waals surface area contributed by atoms with Gasteiger partial charge in [0, 0.05) is 25.6 Å². The lowest BCUT2D eigenvalue weighted by Crippen LogP contribution is -2.25. The third-order valence-corrected chi connectivity index (χ3v) is 4.44. The van der Waals surface area contributed by atoms with Crippen molar-refractivity contribution in [2.45, 2.75) is 44.6 Å². The molecule has 1 unspecified atom stereocenters.